The lowest BCUT2D eigenvalue weighted by molar-refractivity contribution is 0.0951. The molecule has 0 unspecified atom stereocenters. The lowest BCUT2D eigenvalue weighted by Crippen LogP contribution is -2.35. The molecule has 8 nitrogen and oxygen atoms in total. The summed E-state index contributed by atoms with van der Waals surface area (Å²) in [6.07, 6.45) is 0.188. The average molecular weight is 401 g/mol. The number of carbonyl (C=O) groups excluding carboxylic acids is 2. The molecule has 9 heteroatoms. The minimum absolute atomic E-state index is 0.180. The van der Waals surface area contributed by atoms with Crippen molar-refractivity contribution in [3.8, 4) is 11.3 Å². The molecule has 3 rings (SSSR count). The average Bonchev–Trinajstić information content (AvgIpc) is 2.64. The van der Waals surface area contributed by atoms with Crippen LogP contribution in [0.3, 0.4) is 0 Å². The Kier molecular flexibility index (Phi) is 6.35. The standard InChI is InChI=1S/C19H23N5O3S/c1-11-8-12(2)14-9-13(11)15-10-16(24-18(20)23-15)28-7-3-6-27-19(26)22-5-4-21-17(14)25/h8-10H,3-7H2,1-2H3,(H,21,25)(H,22,26)(H2,20,23,24). The maximum atomic E-state index is 12.6. The first-order chi connectivity index (χ1) is 13.4. The molecular formula is C19H23N5O3S. The monoisotopic (exact) mass is 401 g/mol. The van der Waals surface area contributed by atoms with Crippen molar-refractivity contribution >= 4 is 29.7 Å². The Labute approximate surface area is 167 Å². The number of thioether (sulfide) groups is 1. The molecule has 0 spiro atoms. The van der Waals surface area contributed by atoms with Gasteiger partial charge >= 0.3 is 6.09 Å². The zero-order chi connectivity index (χ0) is 20.1. The van der Waals surface area contributed by atoms with Crippen molar-refractivity contribution < 1.29 is 14.3 Å². The first-order valence-corrected chi connectivity index (χ1v) is 10.0. The van der Waals surface area contributed by atoms with Gasteiger partial charge in [0.25, 0.3) is 5.91 Å². The number of ether oxygens (including phenoxy) is 1. The van der Waals surface area contributed by atoms with Crippen molar-refractivity contribution in [2.75, 3.05) is 31.2 Å². The highest BCUT2D eigenvalue weighted by Crippen LogP contribution is 2.29. The van der Waals surface area contributed by atoms with E-state index in [0.717, 1.165) is 27.5 Å². The summed E-state index contributed by atoms with van der Waals surface area (Å²) in [6, 6.07) is 5.65. The quantitative estimate of drug-likeness (QED) is 0.579. The second-order valence-electron chi connectivity index (χ2n) is 6.45. The fourth-order valence-corrected chi connectivity index (χ4v) is 3.74. The van der Waals surface area contributed by atoms with Crippen LogP contribution in [0.2, 0.25) is 0 Å². The number of cyclic esters (lactones) is 1. The summed E-state index contributed by atoms with van der Waals surface area (Å²) in [7, 11) is 0. The van der Waals surface area contributed by atoms with Crippen LogP contribution in [0.15, 0.2) is 23.2 Å². The molecule has 148 valence electrons. The molecule has 4 bridgehead atoms. The molecule has 1 aromatic heterocycles. The number of hydrogen-bond donors (Lipinski definition) is 3. The highest BCUT2D eigenvalue weighted by Gasteiger charge is 2.15. The molecule has 0 atom stereocenters. The number of fused-ring (bicyclic) bond motifs is 5. The van der Waals surface area contributed by atoms with E-state index in [-0.39, 0.29) is 11.9 Å². The van der Waals surface area contributed by atoms with Crippen molar-refractivity contribution in [3.05, 3.63) is 34.9 Å². The van der Waals surface area contributed by atoms with E-state index in [9.17, 15) is 9.59 Å². The van der Waals surface area contributed by atoms with Gasteiger partial charge in [0.2, 0.25) is 5.95 Å². The number of nitrogens with two attached hydrogens (primary N) is 1. The van der Waals surface area contributed by atoms with Gasteiger partial charge in [-0.1, -0.05) is 6.07 Å². The van der Waals surface area contributed by atoms with Gasteiger partial charge in [0.05, 0.1) is 12.3 Å². The van der Waals surface area contributed by atoms with Gasteiger partial charge in [-0.15, -0.1) is 11.8 Å². The number of carbonyl (C=O) groups is 2. The minimum atomic E-state index is -0.495. The second-order valence-corrected chi connectivity index (χ2v) is 7.57. The van der Waals surface area contributed by atoms with Crippen molar-refractivity contribution in [1.82, 2.24) is 20.6 Å². The largest absolute Gasteiger partial charge is 0.450 e. The number of benzene rings is 1. The van der Waals surface area contributed by atoms with E-state index >= 15 is 0 Å². The molecule has 1 aliphatic heterocycles. The topological polar surface area (TPSA) is 119 Å². The van der Waals surface area contributed by atoms with Crippen LogP contribution in [0, 0.1) is 13.8 Å². The number of hydrogen-bond acceptors (Lipinski definition) is 7. The predicted octanol–water partition coefficient (Wildman–Crippen LogP) is 2.29. The van der Waals surface area contributed by atoms with Gasteiger partial charge in [0, 0.05) is 30.0 Å². The number of nitrogens with zero attached hydrogens (tertiary/aromatic N) is 2. The third-order valence-electron chi connectivity index (χ3n) is 4.26. The number of alkyl carbamates (subject to hydrolysis) is 1. The van der Waals surface area contributed by atoms with Crippen molar-refractivity contribution in [3.63, 3.8) is 0 Å². The maximum Gasteiger partial charge on any atom is 0.407 e. The van der Waals surface area contributed by atoms with E-state index in [1.54, 1.807) is 0 Å². The summed E-state index contributed by atoms with van der Waals surface area (Å²) in [5, 5.41) is 6.17. The van der Waals surface area contributed by atoms with E-state index in [4.69, 9.17) is 10.5 Å². The molecule has 4 N–H and O–H groups in total. The molecule has 0 fully saturated rings. The summed E-state index contributed by atoms with van der Waals surface area (Å²) in [4.78, 5) is 32.9. The van der Waals surface area contributed by atoms with Crippen LogP contribution in [-0.2, 0) is 4.74 Å². The van der Waals surface area contributed by atoms with Gasteiger partial charge in [-0.3, -0.25) is 4.79 Å². The van der Waals surface area contributed by atoms with E-state index in [0.29, 0.717) is 37.4 Å². The van der Waals surface area contributed by atoms with Crippen LogP contribution in [0.5, 0.6) is 0 Å². The van der Waals surface area contributed by atoms with Crippen LogP contribution in [0.25, 0.3) is 11.3 Å². The summed E-state index contributed by atoms with van der Waals surface area (Å²) >= 11 is 1.52. The van der Waals surface area contributed by atoms with Crippen LogP contribution >= 0.6 is 11.8 Å². The van der Waals surface area contributed by atoms with Gasteiger partial charge in [0.15, 0.2) is 0 Å². The van der Waals surface area contributed by atoms with Crippen LogP contribution in [0.1, 0.15) is 27.9 Å². The van der Waals surface area contributed by atoms with E-state index in [2.05, 4.69) is 20.6 Å². The molecule has 2 heterocycles. The van der Waals surface area contributed by atoms with E-state index in [1.807, 2.05) is 32.0 Å². The van der Waals surface area contributed by atoms with E-state index < -0.39 is 6.09 Å². The molecule has 1 aromatic carbocycles. The van der Waals surface area contributed by atoms with Crippen molar-refractivity contribution in [1.29, 1.82) is 0 Å². The predicted molar refractivity (Wildman–Crippen MR) is 108 cm³/mol. The SMILES string of the molecule is Cc1cc(C)c2cc1C(=O)NCCNC(=O)OCCCSc1cc-2nc(N)n1. The smallest absolute Gasteiger partial charge is 0.407 e. The molecule has 0 radical (unpaired) electrons. The van der Waals surface area contributed by atoms with Crippen molar-refractivity contribution in [2.24, 2.45) is 0 Å². The molecule has 1 aliphatic rings. The fraction of sp³-hybridized carbons (Fsp3) is 0.368. The van der Waals surface area contributed by atoms with Gasteiger partial charge in [0.1, 0.15) is 5.03 Å². The summed E-state index contributed by atoms with van der Waals surface area (Å²) < 4.78 is 5.11. The Morgan fingerprint density at radius 1 is 1.04 bits per heavy atom. The zero-order valence-corrected chi connectivity index (χ0v) is 16.7. The Balaban J connectivity index is 1.99. The zero-order valence-electron chi connectivity index (χ0n) is 15.9. The third-order valence-corrected chi connectivity index (χ3v) is 5.26. The highest BCUT2D eigenvalue weighted by molar-refractivity contribution is 7.99. The molecule has 0 saturated heterocycles. The highest BCUT2D eigenvalue weighted by atomic mass is 32.2. The minimum Gasteiger partial charge on any atom is -0.450 e. The Morgan fingerprint density at radius 2 is 1.79 bits per heavy atom. The van der Waals surface area contributed by atoms with Crippen molar-refractivity contribution in [2.45, 2.75) is 25.3 Å². The van der Waals surface area contributed by atoms with Crippen LogP contribution < -0.4 is 16.4 Å². The Bertz CT molecular complexity index is 903. The lowest BCUT2D eigenvalue weighted by atomic mass is 9.97. The number of aryl methyl sites for hydroxylation is 2. The summed E-state index contributed by atoms with van der Waals surface area (Å²) in [6.45, 7) is 4.76. The molecular weight excluding hydrogens is 378 g/mol. The molecule has 2 amide bonds. The van der Waals surface area contributed by atoms with Gasteiger partial charge in [-0.25, -0.2) is 14.8 Å². The molecule has 0 aliphatic carbocycles. The molecule has 28 heavy (non-hydrogen) atoms. The third kappa shape index (κ3) is 4.92. The normalized spacial score (nSPS) is 15.8. The molecule has 0 saturated carbocycles. The summed E-state index contributed by atoms with van der Waals surface area (Å²) in [5.41, 5.74) is 9.85. The number of anilines is 1. The first kappa shape index (κ1) is 19.9. The Morgan fingerprint density at radius 3 is 2.61 bits per heavy atom. The summed E-state index contributed by atoms with van der Waals surface area (Å²) in [5.74, 6) is 0.691. The van der Waals surface area contributed by atoms with Crippen LogP contribution in [0.4, 0.5) is 10.7 Å². The lowest BCUT2D eigenvalue weighted by Gasteiger charge is -2.13. The van der Waals surface area contributed by atoms with E-state index in [1.165, 1.54) is 11.8 Å². The number of rotatable bonds is 0. The number of aromatic nitrogens is 2. The molecule has 2 aromatic rings. The number of nitrogen functional groups attached to an aromatic ring is 1. The number of nitrogens with one attached hydrogen (secondary N) is 2. The maximum absolute atomic E-state index is 12.6. The Hall–Kier alpha value is -2.81. The number of amides is 2. The van der Waals surface area contributed by atoms with Gasteiger partial charge < -0.3 is 21.1 Å². The van der Waals surface area contributed by atoms with Crippen LogP contribution in [-0.4, -0.2) is 47.4 Å². The van der Waals surface area contributed by atoms with Gasteiger partial charge in [-0.2, -0.15) is 0 Å². The van der Waals surface area contributed by atoms with Gasteiger partial charge in [-0.05, 0) is 43.5 Å². The fourth-order valence-electron chi connectivity index (χ4n) is 2.91. The first-order valence-electron chi connectivity index (χ1n) is 9.02. The second kappa shape index (κ2) is 8.92.